The summed E-state index contributed by atoms with van der Waals surface area (Å²) in [7, 11) is 5.31. The standard InChI is InChI=1S/C16H25N3O3/c1-19-8-6-13(7-9-19)18-16(20)17-11-12-4-5-14(21-2)15(10-12)22-3/h4-5,10,13H,6-9,11H2,1-3H3,(H2,17,18,20). The Kier molecular flexibility index (Phi) is 5.89. The number of carbonyl (C=O) groups is 1. The van der Waals surface area contributed by atoms with E-state index in [1.54, 1.807) is 14.2 Å². The monoisotopic (exact) mass is 307 g/mol. The van der Waals surface area contributed by atoms with Crippen LogP contribution in [0.5, 0.6) is 11.5 Å². The molecule has 1 fully saturated rings. The summed E-state index contributed by atoms with van der Waals surface area (Å²) in [5, 5.41) is 5.91. The molecule has 0 unspecified atom stereocenters. The van der Waals surface area contributed by atoms with Crippen LogP contribution in [0.15, 0.2) is 18.2 Å². The van der Waals surface area contributed by atoms with Crippen LogP contribution in [-0.2, 0) is 6.54 Å². The lowest BCUT2D eigenvalue weighted by atomic mass is 10.1. The number of piperidine rings is 1. The maximum Gasteiger partial charge on any atom is 0.315 e. The number of methoxy groups -OCH3 is 2. The van der Waals surface area contributed by atoms with Gasteiger partial charge in [0.2, 0.25) is 0 Å². The number of hydrogen-bond donors (Lipinski definition) is 2. The average molecular weight is 307 g/mol. The highest BCUT2D eigenvalue weighted by Crippen LogP contribution is 2.27. The van der Waals surface area contributed by atoms with Crippen molar-refractivity contribution in [3.63, 3.8) is 0 Å². The highest BCUT2D eigenvalue weighted by molar-refractivity contribution is 5.74. The van der Waals surface area contributed by atoms with E-state index in [1.165, 1.54) is 0 Å². The van der Waals surface area contributed by atoms with Crippen molar-refractivity contribution in [2.24, 2.45) is 0 Å². The van der Waals surface area contributed by atoms with Gasteiger partial charge in [-0.15, -0.1) is 0 Å². The third-order valence-electron chi connectivity index (χ3n) is 3.95. The molecule has 1 aromatic carbocycles. The van der Waals surface area contributed by atoms with Gasteiger partial charge < -0.3 is 25.0 Å². The molecule has 2 rings (SSSR count). The van der Waals surface area contributed by atoms with Gasteiger partial charge in [-0.2, -0.15) is 0 Å². The molecule has 1 aliphatic heterocycles. The zero-order chi connectivity index (χ0) is 15.9. The number of benzene rings is 1. The fourth-order valence-electron chi connectivity index (χ4n) is 2.56. The summed E-state index contributed by atoms with van der Waals surface area (Å²) in [6.07, 6.45) is 2.00. The van der Waals surface area contributed by atoms with E-state index >= 15 is 0 Å². The minimum atomic E-state index is -0.121. The molecular formula is C16H25N3O3. The number of urea groups is 1. The van der Waals surface area contributed by atoms with Crippen molar-refractivity contribution in [3.8, 4) is 11.5 Å². The normalized spacial score (nSPS) is 16.1. The van der Waals surface area contributed by atoms with Gasteiger partial charge in [0.15, 0.2) is 11.5 Å². The quantitative estimate of drug-likeness (QED) is 0.867. The zero-order valence-corrected chi connectivity index (χ0v) is 13.5. The number of hydrogen-bond acceptors (Lipinski definition) is 4. The fourth-order valence-corrected chi connectivity index (χ4v) is 2.56. The second-order valence-electron chi connectivity index (χ2n) is 5.59. The Hall–Kier alpha value is -1.95. The van der Waals surface area contributed by atoms with Crippen LogP contribution in [0, 0.1) is 0 Å². The Morgan fingerprint density at radius 1 is 1.23 bits per heavy atom. The lowest BCUT2D eigenvalue weighted by molar-refractivity contribution is 0.213. The lowest BCUT2D eigenvalue weighted by Gasteiger charge is -2.29. The third kappa shape index (κ3) is 4.53. The fraction of sp³-hybridized carbons (Fsp3) is 0.562. The smallest absolute Gasteiger partial charge is 0.315 e. The molecule has 0 atom stereocenters. The largest absolute Gasteiger partial charge is 0.493 e. The van der Waals surface area contributed by atoms with Gasteiger partial charge in [-0.1, -0.05) is 6.07 Å². The molecule has 2 N–H and O–H groups in total. The van der Waals surface area contributed by atoms with Crippen LogP contribution in [0.2, 0.25) is 0 Å². The minimum absolute atomic E-state index is 0.121. The van der Waals surface area contributed by atoms with Crippen molar-refractivity contribution in [3.05, 3.63) is 23.8 Å². The van der Waals surface area contributed by atoms with Gasteiger partial charge in [-0.25, -0.2) is 4.79 Å². The Labute approximate surface area is 131 Å². The molecule has 1 saturated heterocycles. The Morgan fingerprint density at radius 2 is 1.91 bits per heavy atom. The molecule has 1 aromatic rings. The van der Waals surface area contributed by atoms with Crippen molar-refractivity contribution >= 4 is 6.03 Å². The molecule has 0 radical (unpaired) electrons. The summed E-state index contributed by atoms with van der Waals surface area (Å²) >= 11 is 0. The molecular weight excluding hydrogens is 282 g/mol. The van der Waals surface area contributed by atoms with E-state index in [9.17, 15) is 4.79 Å². The molecule has 0 bridgehead atoms. The van der Waals surface area contributed by atoms with Gasteiger partial charge in [0.1, 0.15) is 0 Å². The summed E-state index contributed by atoms with van der Waals surface area (Å²) in [5.74, 6) is 1.35. The number of amides is 2. The topological polar surface area (TPSA) is 62.8 Å². The number of nitrogens with zero attached hydrogens (tertiary/aromatic N) is 1. The molecule has 0 aliphatic carbocycles. The highest BCUT2D eigenvalue weighted by atomic mass is 16.5. The Balaban J connectivity index is 1.81. The van der Waals surface area contributed by atoms with E-state index in [2.05, 4.69) is 22.6 Å². The predicted molar refractivity (Wildman–Crippen MR) is 85.4 cm³/mol. The van der Waals surface area contributed by atoms with Gasteiger partial charge in [-0.3, -0.25) is 0 Å². The van der Waals surface area contributed by atoms with Crippen LogP contribution in [-0.4, -0.2) is 51.3 Å². The first-order valence-electron chi connectivity index (χ1n) is 7.56. The first-order valence-corrected chi connectivity index (χ1v) is 7.56. The molecule has 122 valence electrons. The molecule has 1 heterocycles. The van der Waals surface area contributed by atoms with Gasteiger partial charge >= 0.3 is 6.03 Å². The molecule has 1 aliphatic rings. The van der Waals surface area contributed by atoms with E-state index in [4.69, 9.17) is 9.47 Å². The molecule has 0 aromatic heterocycles. The van der Waals surface area contributed by atoms with Crippen LogP contribution in [0.3, 0.4) is 0 Å². The van der Waals surface area contributed by atoms with Crippen molar-refractivity contribution in [1.82, 2.24) is 15.5 Å². The van der Waals surface area contributed by atoms with Gasteiger partial charge in [-0.05, 0) is 50.7 Å². The Bertz CT molecular complexity index is 499. The molecule has 6 heteroatoms. The summed E-state index contributed by atoms with van der Waals surface area (Å²) in [6, 6.07) is 5.77. The van der Waals surface area contributed by atoms with Gasteiger partial charge in [0.05, 0.1) is 14.2 Å². The first kappa shape index (κ1) is 16.4. The van der Waals surface area contributed by atoms with Crippen LogP contribution in [0.1, 0.15) is 18.4 Å². The summed E-state index contributed by atoms with van der Waals surface area (Å²) in [5.41, 5.74) is 0.969. The molecule has 6 nitrogen and oxygen atoms in total. The van der Waals surface area contributed by atoms with E-state index in [0.717, 1.165) is 31.5 Å². The van der Waals surface area contributed by atoms with Crippen LogP contribution >= 0.6 is 0 Å². The van der Waals surface area contributed by atoms with E-state index in [-0.39, 0.29) is 12.1 Å². The average Bonchev–Trinajstić information content (AvgIpc) is 2.54. The van der Waals surface area contributed by atoms with E-state index in [1.807, 2.05) is 18.2 Å². The minimum Gasteiger partial charge on any atom is -0.493 e. The molecule has 0 saturated carbocycles. The van der Waals surface area contributed by atoms with Gasteiger partial charge in [0, 0.05) is 12.6 Å². The van der Waals surface area contributed by atoms with Crippen molar-refractivity contribution in [2.75, 3.05) is 34.4 Å². The maximum absolute atomic E-state index is 12.0. The lowest BCUT2D eigenvalue weighted by Crippen LogP contribution is -2.46. The number of carbonyl (C=O) groups excluding carboxylic acids is 1. The third-order valence-corrected chi connectivity index (χ3v) is 3.95. The molecule has 2 amide bonds. The summed E-state index contributed by atoms with van der Waals surface area (Å²) in [6.45, 7) is 2.51. The second-order valence-corrected chi connectivity index (χ2v) is 5.59. The highest BCUT2D eigenvalue weighted by Gasteiger charge is 2.18. The zero-order valence-electron chi connectivity index (χ0n) is 13.5. The number of rotatable bonds is 5. The first-order chi connectivity index (χ1) is 10.6. The van der Waals surface area contributed by atoms with Crippen LogP contribution in [0.4, 0.5) is 4.79 Å². The second kappa shape index (κ2) is 7.89. The molecule has 0 spiro atoms. The van der Waals surface area contributed by atoms with Crippen LogP contribution < -0.4 is 20.1 Å². The molecule has 22 heavy (non-hydrogen) atoms. The van der Waals surface area contributed by atoms with Crippen molar-refractivity contribution in [2.45, 2.75) is 25.4 Å². The van der Waals surface area contributed by atoms with E-state index in [0.29, 0.717) is 18.0 Å². The van der Waals surface area contributed by atoms with Crippen LogP contribution in [0.25, 0.3) is 0 Å². The SMILES string of the molecule is COc1ccc(CNC(=O)NC2CCN(C)CC2)cc1OC. The number of nitrogens with one attached hydrogen (secondary N) is 2. The number of ether oxygens (including phenoxy) is 2. The number of likely N-dealkylation sites (tertiary alicyclic amines) is 1. The predicted octanol–water partition coefficient (Wildman–Crippen LogP) is 1.60. The maximum atomic E-state index is 12.0. The van der Waals surface area contributed by atoms with Gasteiger partial charge in [0.25, 0.3) is 0 Å². The van der Waals surface area contributed by atoms with Crippen molar-refractivity contribution in [1.29, 1.82) is 0 Å². The van der Waals surface area contributed by atoms with E-state index < -0.39 is 0 Å². The summed E-state index contributed by atoms with van der Waals surface area (Å²) < 4.78 is 10.5. The Morgan fingerprint density at radius 3 is 2.55 bits per heavy atom. The van der Waals surface area contributed by atoms with Crippen molar-refractivity contribution < 1.29 is 14.3 Å². The summed E-state index contributed by atoms with van der Waals surface area (Å²) in [4.78, 5) is 14.2.